The van der Waals surface area contributed by atoms with Crippen LogP contribution in [0.5, 0.6) is 0 Å². The number of hydrogen-bond donors (Lipinski definition) is 3. The highest BCUT2D eigenvalue weighted by Crippen LogP contribution is 2.25. The Kier molecular flexibility index (Phi) is 2.58. The van der Waals surface area contributed by atoms with E-state index in [1.54, 1.807) is 0 Å². The summed E-state index contributed by atoms with van der Waals surface area (Å²) in [5.41, 5.74) is 9.39. The molecule has 1 atom stereocenters. The molecule has 1 rings (SSSR count). The van der Waals surface area contributed by atoms with E-state index in [0.717, 1.165) is 0 Å². The van der Waals surface area contributed by atoms with E-state index < -0.39 is 17.8 Å². The van der Waals surface area contributed by atoms with Crippen molar-refractivity contribution < 1.29 is 19.5 Å². The predicted octanol–water partition coefficient (Wildman–Crippen LogP) is -0.386. The minimum absolute atomic E-state index is 0.0186. The van der Waals surface area contributed by atoms with Gasteiger partial charge in [0.05, 0.1) is 16.4 Å². The van der Waals surface area contributed by atoms with Crippen LogP contribution in [-0.4, -0.2) is 22.9 Å². The van der Waals surface area contributed by atoms with E-state index in [-0.39, 0.29) is 24.6 Å². The fourth-order valence-electron chi connectivity index (χ4n) is 1.04. The maximum absolute atomic E-state index is 10.9. The van der Waals surface area contributed by atoms with Crippen LogP contribution in [0.25, 0.3) is 0 Å². The molecule has 0 saturated heterocycles. The molecule has 1 aromatic rings. The van der Waals surface area contributed by atoms with Gasteiger partial charge in [0.1, 0.15) is 0 Å². The number of rotatable bonds is 3. The van der Waals surface area contributed by atoms with Crippen LogP contribution in [0.2, 0.25) is 0 Å². The summed E-state index contributed by atoms with van der Waals surface area (Å²) in [5.74, 6) is -1.78. The second-order valence-electron chi connectivity index (χ2n) is 2.49. The lowest BCUT2D eigenvalue weighted by Crippen LogP contribution is -2.20. The fraction of sp³-hybridized carbons (Fsp3) is 0. The third-order valence-corrected chi connectivity index (χ3v) is 2.82. The van der Waals surface area contributed by atoms with Crippen molar-refractivity contribution in [2.45, 2.75) is 0 Å². The van der Waals surface area contributed by atoms with E-state index in [0.29, 0.717) is 0 Å². The van der Waals surface area contributed by atoms with Crippen molar-refractivity contribution in [3.05, 3.63) is 22.2 Å². The Hall–Kier alpha value is -1.81. The van der Waals surface area contributed by atoms with Crippen LogP contribution in [0.4, 0.5) is 0 Å². The third kappa shape index (κ3) is 1.60. The Bertz CT molecular complexity index is 392. The first-order valence-corrected chi connectivity index (χ1v) is 4.57. The van der Waals surface area contributed by atoms with Crippen LogP contribution < -0.4 is 11.5 Å². The highest BCUT2D eigenvalue weighted by atomic mass is 31.0. The quantitative estimate of drug-likeness (QED) is 0.633. The molecule has 0 aromatic carbocycles. The maximum atomic E-state index is 10.9. The van der Waals surface area contributed by atoms with E-state index in [1.807, 2.05) is 0 Å². The molecule has 0 aliphatic carbocycles. The van der Waals surface area contributed by atoms with Gasteiger partial charge in [-0.1, -0.05) is 0 Å². The number of nitrogens with two attached hydrogens (primary N) is 2. The van der Waals surface area contributed by atoms with Crippen molar-refractivity contribution in [2.75, 3.05) is 0 Å². The molecule has 6 nitrogen and oxygen atoms in total. The molecule has 0 fully saturated rings. The Morgan fingerprint density at radius 2 is 1.79 bits per heavy atom. The van der Waals surface area contributed by atoms with E-state index >= 15 is 0 Å². The van der Waals surface area contributed by atoms with Gasteiger partial charge in [-0.05, 0) is 5.80 Å². The van der Waals surface area contributed by atoms with Crippen LogP contribution in [0.1, 0.15) is 30.8 Å². The van der Waals surface area contributed by atoms with Gasteiger partial charge in [-0.3, -0.25) is 9.59 Å². The molecular formula is C7H7N2O4P. The van der Waals surface area contributed by atoms with Crippen LogP contribution in [0.15, 0.2) is 5.80 Å². The van der Waals surface area contributed by atoms with Gasteiger partial charge >= 0.3 is 5.97 Å². The minimum Gasteiger partial charge on any atom is -0.478 e. The van der Waals surface area contributed by atoms with Crippen molar-refractivity contribution >= 4 is 26.0 Å². The molecule has 1 aromatic heterocycles. The monoisotopic (exact) mass is 214 g/mol. The Labute approximate surface area is 80.0 Å². The normalized spacial score (nSPS) is 10.3. The molecule has 0 aliphatic rings. The zero-order valence-corrected chi connectivity index (χ0v) is 7.90. The Balaban J connectivity index is 3.42. The van der Waals surface area contributed by atoms with Gasteiger partial charge in [-0.15, -0.1) is 8.19 Å². The van der Waals surface area contributed by atoms with Gasteiger partial charge in [-0.25, -0.2) is 4.79 Å². The van der Waals surface area contributed by atoms with Crippen molar-refractivity contribution in [3.8, 4) is 0 Å². The van der Waals surface area contributed by atoms with Gasteiger partial charge in [0.25, 0.3) is 11.8 Å². The fourth-order valence-corrected chi connectivity index (χ4v) is 2.14. The van der Waals surface area contributed by atoms with Crippen molar-refractivity contribution in [1.29, 1.82) is 0 Å². The van der Waals surface area contributed by atoms with Gasteiger partial charge < -0.3 is 16.6 Å². The first-order valence-electron chi connectivity index (χ1n) is 3.49. The zero-order valence-electron chi connectivity index (χ0n) is 6.90. The lowest BCUT2D eigenvalue weighted by molar-refractivity contribution is 0.0693. The number of hydrogen-bond acceptors (Lipinski definition) is 3. The smallest absolute Gasteiger partial charge is 0.336 e. The van der Waals surface area contributed by atoms with Crippen LogP contribution in [0, 0.1) is 0 Å². The molecule has 0 spiro atoms. The molecule has 7 heteroatoms. The number of carboxylic acids is 1. The van der Waals surface area contributed by atoms with Gasteiger partial charge in [-0.2, -0.15) is 0 Å². The second-order valence-corrected chi connectivity index (χ2v) is 3.56. The molecule has 14 heavy (non-hydrogen) atoms. The van der Waals surface area contributed by atoms with Crippen molar-refractivity contribution in [1.82, 2.24) is 0 Å². The lowest BCUT2D eigenvalue weighted by atomic mass is 10.1. The van der Waals surface area contributed by atoms with Crippen molar-refractivity contribution in [2.24, 2.45) is 11.5 Å². The lowest BCUT2D eigenvalue weighted by Gasteiger charge is -1.97. The number of carbonyl (C=O) groups is 3. The van der Waals surface area contributed by atoms with E-state index in [2.05, 4.69) is 0 Å². The largest absolute Gasteiger partial charge is 0.478 e. The number of carboxylic acid groups (broad SMARTS) is 1. The molecule has 1 unspecified atom stereocenters. The van der Waals surface area contributed by atoms with Gasteiger partial charge in [0.15, 0.2) is 0 Å². The first kappa shape index (κ1) is 10.3. The van der Waals surface area contributed by atoms with E-state index in [9.17, 15) is 14.4 Å². The Morgan fingerprint density at radius 3 is 2.14 bits per heavy atom. The summed E-state index contributed by atoms with van der Waals surface area (Å²) in [6, 6.07) is 0. The van der Waals surface area contributed by atoms with E-state index in [1.165, 1.54) is 5.80 Å². The number of primary amides is 2. The standard InChI is InChI=1S/C7H7N2O4P/c8-5(10)3-2(7(12)13)1-14-4(3)6(9)11/h1,14H,(H2,8,10)(H2,9,11)(H,12,13). The second kappa shape index (κ2) is 3.51. The SMILES string of the molecule is NC(=O)c1[pH]cc(C(=O)O)c1C(N)=O. The maximum Gasteiger partial charge on any atom is 0.336 e. The Morgan fingerprint density at radius 1 is 1.21 bits per heavy atom. The highest BCUT2D eigenvalue weighted by Gasteiger charge is 2.22. The van der Waals surface area contributed by atoms with Crippen LogP contribution >= 0.6 is 8.19 Å². The summed E-state index contributed by atoms with van der Waals surface area (Å²) in [4.78, 5) is 32.3. The molecule has 0 aliphatic heterocycles. The van der Waals surface area contributed by atoms with Crippen LogP contribution in [-0.2, 0) is 0 Å². The van der Waals surface area contributed by atoms with E-state index in [4.69, 9.17) is 16.6 Å². The summed E-state index contributed by atoms with van der Waals surface area (Å²) < 4.78 is 0. The number of aromatic carboxylic acids is 1. The minimum atomic E-state index is -1.29. The average molecular weight is 214 g/mol. The summed E-state index contributed by atoms with van der Waals surface area (Å²) in [6.45, 7) is 0. The third-order valence-electron chi connectivity index (χ3n) is 1.60. The summed E-state index contributed by atoms with van der Waals surface area (Å²) in [6.07, 6.45) is 0. The topological polar surface area (TPSA) is 123 Å². The van der Waals surface area contributed by atoms with Crippen LogP contribution in [0.3, 0.4) is 0 Å². The predicted molar refractivity (Wildman–Crippen MR) is 49.9 cm³/mol. The van der Waals surface area contributed by atoms with Gasteiger partial charge in [0, 0.05) is 0 Å². The molecule has 5 N–H and O–H groups in total. The molecule has 2 amide bonds. The van der Waals surface area contributed by atoms with Gasteiger partial charge in [0.2, 0.25) is 0 Å². The first-order chi connectivity index (χ1) is 6.45. The summed E-state index contributed by atoms with van der Waals surface area (Å²) in [5, 5.41) is 8.66. The molecule has 1 heterocycles. The number of amides is 2. The number of carbonyl (C=O) groups excluding carboxylic acids is 2. The summed E-state index contributed by atoms with van der Waals surface area (Å²) in [7, 11) is -0.212. The highest BCUT2D eigenvalue weighted by molar-refractivity contribution is 7.32. The average Bonchev–Trinajstić information content (AvgIpc) is 2.46. The molecule has 74 valence electrons. The molecular weight excluding hydrogens is 207 g/mol. The molecule has 0 saturated carbocycles. The zero-order chi connectivity index (χ0) is 10.9. The summed E-state index contributed by atoms with van der Waals surface area (Å²) >= 11 is 0. The van der Waals surface area contributed by atoms with Crippen molar-refractivity contribution in [3.63, 3.8) is 0 Å². The molecule has 0 bridgehead atoms. The molecule has 0 radical (unpaired) electrons.